The van der Waals surface area contributed by atoms with Crippen molar-refractivity contribution in [3.8, 4) is 0 Å². The molecular formula is C15H24O6. The summed E-state index contributed by atoms with van der Waals surface area (Å²) in [6.07, 6.45) is 2.22. The van der Waals surface area contributed by atoms with E-state index in [4.69, 9.17) is 0 Å². The summed E-state index contributed by atoms with van der Waals surface area (Å²) in [6.45, 7) is 3.93. The molecule has 6 nitrogen and oxygen atoms in total. The van der Waals surface area contributed by atoms with E-state index in [2.05, 4.69) is 9.47 Å². The van der Waals surface area contributed by atoms with E-state index in [-0.39, 0.29) is 37.6 Å². The van der Waals surface area contributed by atoms with Crippen molar-refractivity contribution in [1.29, 1.82) is 0 Å². The molecule has 0 amide bonds. The van der Waals surface area contributed by atoms with Gasteiger partial charge in [0.25, 0.3) is 0 Å². The highest BCUT2D eigenvalue weighted by Crippen LogP contribution is 2.07. The van der Waals surface area contributed by atoms with E-state index in [1.165, 1.54) is 0 Å². The molecule has 0 saturated carbocycles. The quantitative estimate of drug-likeness (QED) is 0.311. The molecule has 0 N–H and O–H groups in total. The van der Waals surface area contributed by atoms with Crippen LogP contribution in [0.3, 0.4) is 0 Å². The van der Waals surface area contributed by atoms with Crippen LogP contribution in [0.4, 0.5) is 0 Å². The number of hydrogen-bond acceptors (Lipinski definition) is 6. The van der Waals surface area contributed by atoms with E-state index in [0.29, 0.717) is 32.1 Å². The SMILES string of the molecule is CCOC(=O)CC(=O)CCCCCC(=O)CC(=O)OCC. The fourth-order valence-corrected chi connectivity index (χ4v) is 1.74. The molecule has 6 heteroatoms. The molecule has 0 bridgehead atoms. The summed E-state index contributed by atoms with van der Waals surface area (Å²) in [5.41, 5.74) is 0. The monoisotopic (exact) mass is 300 g/mol. The first-order valence-corrected chi connectivity index (χ1v) is 7.34. The summed E-state index contributed by atoms with van der Waals surface area (Å²) in [6, 6.07) is 0. The molecule has 0 heterocycles. The second-order valence-electron chi connectivity index (χ2n) is 4.60. The van der Waals surface area contributed by atoms with Gasteiger partial charge in [0.15, 0.2) is 0 Å². The van der Waals surface area contributed by atoms with Crippen LogP contribution in [-0.4, -0.2) is 36.7 Å². The molecule has 21 heavy (non-hydrogen) atoms. The van der Waals surface area contributed by atoms with Crippen molar-refractivity contribution in [3.05, 3.63) is 0 Å². The van der Waals surface area contributed by atoms with Gasteiger partial charge in [-0.3, -0.25) is 19.2 Å². The lowest BCUT2D eigenvalue weighted by Gasteiger charge is -2.03. The van der Waals surface area contributed by atoms with Crippen molar-refractivity contribution in [1.82, 2.24) is 0 Å². The van der Waals surface area contributed by atoms with Crippen LogP contribution in [0.5, 0.6) is 0 Å². The third-order valence-corrected chi connectivity index (χ3v) is 2.70. The highest BCUT2D eigenvalue weighted by Gasteiger charge is 2.11. The Morgan fingerprint density at radius 1 is 0.667 bits per heavy atom. The van der Waals surface area contributed by atoms with Gasteiger partial charge in [0, 0.05) is 12.8 Å². The van der Waals surface area contributed by atoms with Gasteiger partial charge in [-0.25, -0.2) is 0 Å². The molecule has 0 rings (SSSR count). The summed E-state index contributed by atoms with van der Waals surface area (Å²) in [5, 5.41) is 0. The first-order chi connectivity index (χ1) is 9.99. The molecular weight excluding hydrogens is 276 g/mol. The van der Waals surface area contributed by atoms with Crippen LogP contribution in [0.25, 0.3) is 0 Å². The van der Waals surface area contributed by atoms with Crippen molar-refractivity contribution in [2.24, 2.45) is 0 Å². The van der Waals surface area contributed by atoms with Gasteiger partial charge < -0.3 is 9.47 Å². The molecule has 0 aliphatic rings. The van der Waals surface area contributed by atoms with Gasteiger partial charge >= 0.3 is 11.9 Å². The molecule has 0 aliphatic carbocycles. The summed E-state index contributed by atoms with van der Waals surface area (Å²) in [4.78, 5) is 44.9. The van der Waals surface area contributed by atoms with Gasteiger partial charge in [0.1, 0.15) is 24.4 Å². The van der Waals surface area contributed by atoms with E-state index in [1.807, 2.05) is 0 Å². The van der Waals surface area contributed by atoms with Crippen molar-refractivity contribution < 1.29 is 28.7 Å². The molecule has 120 valence electrons. The predicted molar refractivity (Wildman–Crippen MR) is 75.6 cm³/mol. The number of ether oxygens (including phenoxy) is 2. The Balaban J connectivity index is 3.59. The highest BCUT2D eigenvalue weighted by atomic mass is 16.5. The fraction of sp³-hybridized carbons (Fsp3) is 0.733. The second-order valence-corrected chi connectivity index (χ2v) is 4.60. The second kappa shape index (κ2) is 12.1. The molecule has 0 fully saturated rings. The first kappa shape index (κ1) is 19.3. The van der Waals surface area contributed by atoms with Crippen LogP contribution < -0.4 is 0 Å². The van der Waals surface area contributed by atoms with Crippen molar-refractivity contribution in [2.45, 2.75) is 58.8 Å². The number of Topliss-reactive ketones (excluding diaryl/α,β-unsaturated/α-hetero) is 2. The number of carbonyl (C=O) groups excluding carboxylic acids is 4. The minimum Gasteiger partial charge on any atom is -0.466 e. The average molecular weight is 300 g/mol. The number of rotatable bonds is 12. The van der Waals surface area contributed by atoms with E-state index in [9.17, 15) is 19.2 Å². The Kier molecular flexibility index (Phi) is 11.1. The van der Waals surface area contributed by atoms with Crippen LogP contribution in [0.1, 0.15) is 58.8 Å². The van der Waals surface area contributed by atoms with Crippen LogP contribution in [0, 0.1) is 0 Å². The van der Waals surface area contributed by atoms with Gasteiger partial charge in [0.05, 0.1) is 13.2 Å². The van der Waals surface area contributed by atoms with Crippen LogP contribution in [0.15, 0.2) is 0 Å². The van der Waals surface area contributed by atoms with E-state index < -0.39 is 11.9 Å². The van der Waals surface area contributed by atoms with Gasteiger partial charge in [-0.05, 0) is 26.7 Å². The van der Waals surface area contributed by atoms with Gasteiger partial charge in [-0.1, -0.05) is 6.42 Å². The highest BCUT2D eigenvalue weighted by molar-refractivity contribution is 5.96. The molecule has 0 aromatic rings. The smallest absolute Gasteiger partial charge is 0.313 e. The molecule has 0 unspecified atom stereocenters. The Bertz CT molecular complexity index is 327. The maximum atomic E-state index is 11.4. The Labute approximate surface area is 125 Å². The zero-order valence-electron chi connectivity index (χ0n) is 12.8. The minimum atomic E-state index is -0.493. The Morgan fingerprint density at radius 2 is 1.05 bits per heavy atom. The topological polar surface area (TPSA) is 86.7 Å². The summed E-state index contributed by atoms with van der Waals surface area (Å²) < 4.78 is 9.36. The molecule has 0 radical (unpaired) electrons. The molecule has 0 spiro atoms. The van der Waals surface area contributed by atoms with Gasteiger partial charge in [-0.15, -0.1) is 0 Å². The lowest BCUT2D eigenvalue weighted by molar-refractivity contribution is -0.147. The Morgan fingerprint density at radius 3 is 1.38 bits per heavy atom. The largest absolute Gasteiger partial charge is 0.466 e. The maximum absolute atomic E-state index is 11.4. The number of unbranched alkanes of at least 4 members (excludes halogenated alkanes) is 2. The Hall–Kier alpha value is -1.72. The van der Waals surface area contributed by atoms with E-state index in [0.717, 1.165) is 0 Å². The van der Waals surface area contributed by atoms with Crippen LogP contribution in [0.2, 0.25) is 0 Å². The molecule has 0 aromatic heterocycles. The number of ketones is 2. The number of hydrogen-bond donors (Lipinski definition) is 0. The lowest BCUT2D eigenvalue weighted by Crippen LogP contribution is -2.11. The first-order valence-electron chi connectivity index (χ1n) is 7.34. The van der Waals surface area contributed by atoms with Crippen molar-refractivity contribution in [2.75, 3.05) is 13.2 Å². The normalized spacial score (nSPS) is 10.0. The predicted octanol–water partition coefficient (Wildman–Crippen LogP) is 1.98. The third-order valence-electron chi connectivity index (χ3n) is 2.70. The third kappa shape index (κ3) is 11.8. The standard InChI is InChI=1S/C15H24O6/c1-3-20-14(18)10-12(16)8-6-5-7-9-13(17)11-15(19)21-4-2/h3-11H2,1-2H3. The van der Waals surface area contributed by atoms with Crippen molar-refractivity contribution in [3.63, 3.8) is 0 Å². The summed E-state index contributed by atoms with van der Waals surface area (Å²) >= 11 is 0. The van der Waals surface area contributed by atoms with Gasteiger partial charge in [-0.2, -0.15) is 0 Å². The maximum Gasteiger partial charge on any atom is 0.313 e. The molecule has 0 atom stereocenters. The van der Waals surface area contributed by atoms with Crippen molar-refractivity contribution >= 4 is 23.5 Å². The minimum absolute atomic E-state index is 0.147. The molecule has 0 aliphatic heterocycles. The molecule has 0 aromatic carbocycles. The molecule has 0 saturated heterocycles. The summed E-state index contributed by atoms with van der Waals surface area (Å²) in [7, 11) is 0. The van der Waals surface area contributed by atoms with Gasteiger partial charge in [0.2, 0.25) is 0 Å². The average Bonchev–Trinajstić information content (AvgIpc) is 2.38. The number of esters is 2. The van der Waals surface area contributed by atoms with Crippen LogP contribution >= 0.6 is 0 Å². The zero-order valence-corrected chi connectivity index (χ0v) is 12.8. The van der Waals surface area contributed by atoms with Crippen LogP contribution in [-0.2, 0) is 28.7 Å². The lowest BCUT2D eigenvalue weighted by atomic mass is 10.1. The summed E-state index contributed by atoms with van der Waals surface area (Å²) in [5.74, 6) is -1.28. The zero-order chi connectivity index (χ0) is 16.1. The van der Waals surface area contributed by atoms with E-state index in [1.54, 1.807) is 13.8 Å². The van der Waals surface area contributed by atoms with E-state index >= 15 is 0 Å². The fourth-order valence-electron chi connectivity index (χ4n) is 1.74. The number of carbonyl (C=O) groups is 4.